The first-order valence-electron chi connectivity index (χ1n) is 10.4. The van der Waals surface area contributed by atoms with Crippen LogP contribution >= 0.6 is 0 Å². The van der Waals surface area contributed by atoms with Gasteiger partial charge < -0.3 is 10.1 Å². The van der Waals surface area contributed by atoms with E-state index in [-0.39, 0.29) is 16.3 Å². The Morgan fingerprint density at radius 1 is 1.20 bits per heavy atom. The number of carbonyl (C=O) groups is 1. The van der Waals surface area contributed by atoms with Crippen LogP contribution < -0.4 is 10.1 Å². The average Bonchev–Trinajstić information content (AvgIpc) is 3.20. The predicted molar refractivity (Wildman–Crippen MR) is 109 cm³/mol. The van der Waals surface area contributed by atoms with Gasteiger partial charge in [0.05, 0.1) is 12.4 Å². The van der Waals surface area contributed by atoms with Gasteiger partial charge in [-0.2, -0.15) is 9.78 Å². The van der Waals surface area contributed by atoms with Crippen LogP contribution in [0.25, 0.3) is 0 Å². The van der Waals surface area contributed by atoms with Crippen LogP contribution in [0, 0.1) is 5.92 Å². The van der Waals surface area contributed by atoms with Gasteiger partial charge in [0.25, 0.3) is 5.91 Å². The molecule has 0 spiro atoms. The van der Waals surface area contributed by atoms with E-state index in [4.69, 9.17) is 4.74 Å². The second-order valence-electron chi connectivity index (χ2n) is 7.52. The maximum atomic E-state index is 12.7. The van der Waals surface area contributed by atoms with Crippen molar-refractivity contribution in [2.75, 3.05) is 6.54 Å². The number of alkyl halides is 3. The Morgan fingerprint density at radius 2 is 1.90 bits per heavy atom. The number of amides is 1. The zero-order valence-electron chi connectivity index (χ0n) is 17.7. The molecule has 2 unspecified atom stereocenters. The molecule has 0 saturated heterocycles. The topological polar surface area (TPSA) is 56.2 Å². The normalized spacial score (nSPS) is 13.7. The number of hydrogen-bond donors (Lipinski definition) is 1. The second kappa shape index (κ2) is 11.0. The molecule has 166 valence electrons. The first kappa shape index (κ1) is 23.8. The summed E-state index contributed by atoms with van der Waals surface area (Å²) in [5.74, 6) is 0.568. The molecule has 2 rings (SSSR count). The van der Waals surface area contributed by atoms with Gasteiger partial charge in [-0.25, -0.2) is 0 Å². The quantitative estimate of drug-likeness (QED) is 0.461. The molecule has 2 atom stereocenters. The van der Waals surface area contributed by atoms with Crippen molar-refractivity contribution < 1.29 is 22.7 Å². The molecule has 30 heavy (non-hydrogen) atoms. The molecule has 2 aromatic rings. The van der Waals surface area contributed by atoms with Crippen molar-refractivity contribution in [2.45, 2.75) is 65.3 Å². The number of aromatic nitrogens is 2. The highest BCUT2D eigenvalue weighted by atomic mass is 19.4. The van der Waals surface area contributed by atoms with E-state index in [9.17, 15) is 18.0 Å². The van der Waals surface area contributed by atoms with E-state index in [2.05, 4.69) is 24.3 Å². The SMILES string of the molecule is CCCC(Oc1cnn(C(F)(F)F)c1)c1ccc(C(=O)NCCCC(C)CC)cc1. The van der Waals surface area contributed by atoms with Crippen LogP contribution in [0.2, 0.25) is 0 Å². The van der Waals surface area contributed by atoms with Gasteiger partial charge in [0.15, 0.2) is 5.75 Å². The second-order valence-corrected chi connectivity index (χ2v) is 7.52. The maximum Gasteiger partial charge on any atom is 0.504 e. The van der Waals surface area contributed by atoms with E-state index < -0.39 is 12.4 Å². The van der Waals surface area contributed by atoms with E-state index in [0.717, 1.165) is 43.6 Å². The van der Waals surface area contributed by atoms with E-state index in [1.54, 1.807) is 24.3 Å². The summed E-state index contributed by atoms with van der Waals surface area (Å²) in [5, 5.41) is 6.22. The third-order valence-electron chi connectivity index (χ3n) is 5.05. The summed E-state index contributed by atoms with van der Waals surface area (Å²) in [6, 6.07) is 6.99. The molecule has 0 aliphatic rings. The van der Waals surface area contributed by atoms with Gasteiger partial charge in [-0.15, -0.1) is 13.2 Å². The average molecular weight is 425 g/mol. The van der Waals surface area contributed by atoms with Gasteiger partial charge in [-0.3, -0.25) is 4.79 Å². The highest BCUT2D eigenvalue weighted by molar-refractivity contribution is 5.94. The van der Waals surface area contributed by atoms with E-state index in [0.29, 0.717) is 24.4 Å². The summed E-state index contributed by atoms with van der Waals surface area (Å²) in [6.07, 6.45) is 1.44. The van der Waals surface area contributed by atoms with Crippen LogP contribution in [0.15, 0.2) is 36.7 Å². The Bertz CT molecular complexity index is 788. The number of ether oxygens (including phenoxy) is 1. The fourth-order valence-electron chi connectivity index (χ4n) is 3.03. The van der Waals surface area contributed by atoms with Gasteiger partial charge >= 0.3 is 6.30 Å². The largest absolute Gasteiger partial charge is 0.504 e. The van der Waals surface area contributed by atoms with Gasteiger partial charge in [0.2, 0.25) is 0 Å². The number of rotatable bonds is 11. The lowest BCUT2D eigenvalue weighted by atomic mass is 10.0. The molecule has 5 nitrogen and oxygen atoms in total. The minimum atomic E-state index is -4.58. The summed E-state index contributed by atoms with van der Waals surface area (Å²) < 4.78 is 43.8. The summed E-state index contributed by atoms with van der Waals surface area (Å²) in [7, 11) is 0. The first-order chi connectivity index (χ1) is 14.2. The van der Waals surface area contributed by atoms with Crippen molar-refractivity contribution in [1.29, 1.82) is 0 Å². The van der Waals surface area contributed by atoms with Crippen molar-refractivity contribution in [1.82, 2.24) is 15.1 Å². The number of benzene rings is 1. The van der Waals surface area contributed by atoms with Crippen LogP contribution in [0.3, 0.4) is 0 Å². The molecule has 0 aliphatic heterocycles. The molecular formula is C22H30F3N3O2. The zero-order chi connectivity index (χ0) is 22.1. The molecule has 0 radical (unpaired) electrons. The Hall–Kier alpha value is -2.51. The van der Waals surface area contributed by atoms with Crippen LogP contribution in [0.1, 0.15) is 74.9 Å². The lowest BCUT2D eigenvalue weighted by Crippen LogP contribution is -2.24. The smallest absolute Gasteiger partial charge is 0.482 e. The standard InChI is InChI=1S/C22H30F3N3O2/c1-4-7-20(30-19-14-27-28(15-19)22(23,24)25)17-9-11-18(12-10-17)21(29)26-13-6-8-16(3)5-2/h9-12,14-16,20H,4-8,13H2,1-3H3,(H,26,29). The lowest BCUT2D eigenvalue weighted by Gasteiger charge is -2.18. The van der Waals surface area contributed by atoms with Crippen molar-refractivity contribution in [3.8, 4) is 5.75 Å². The van der Waals surface area contributed by atoms with Crippen LogP contribution in [0.4, 0.5) is 13.2 Å². The minimum absolute atomic E-state index is 0.0499. The fourth-order valence-corrected chi connectivity index (χ4v) is 3.03. The highest BCUT2D eigenvalue weighted by Gasteiger charge is 2.32. The number of hydrogen-bond acceptors (Lipinski definition) is 3. The molecule has 0 bridgehead atoms. The van der Waals surface area contributed by atoms with Gasteiger partial charge in [0, 0.05) is 12.1 Å². The predicted octanol–water partition coefficient (Wildman–Crippen LogP) is 5.84. The summed E-state index contributed by atoms with van der Waals surface area (Å²) >= 11 is 0. The Balaban J connectivity index is 1.97. The van der Waals surface area contributed by atoms with Gasteiger partial charge in [-0.1, -0.05) is 45.7 Å². The van der Waals surface area contributed by atoms with Crippen LogP contribution in [-0.4, -0.2) is 22.2 Å². The van der Waals surface area contributed by atoms with Crippen molar-refractivity contribution in [3.05, 3.63) is 47.8 Å². The third kappa shape index (κ3) is 7.07. The van der Waals surface area contributed by atoms with Gasteiger partial charge in [-0.05, 0) is 42.9 Å². The van der Waals surface area contributed by atoms with Crippen LogP contribution in [0.5, 0.6) is 5.75 Å². The van der Waals surface area contributed by atoms with Crippen molar-refractivity contribution >= 4 is 5.91 Å². The van der Waals surface area contributed by atoms with Crippen molar-refractivity contribution in [2.24, 2.45) is 5.92 Å². The Labute approximate surface area is 175 Å². The summed E-state index contributed by atoms with van der Waals surface area (Å²) in [4.78, 5) is 12.3. The van der Waals surface area contributed by atoms with Crippen molar-refractivity contribution in [3.63, 3.8) is 0 Å². The van der Waals surface area contributed by atoms with E-state index >= 15 is 0 Å². The minimum Gasteiger partial charge on any atom is -0.482 e. The molecule has 0 aliphatic carbocycles. The third-order valence-corrected chi connectivity index (χ3v) is 5.05. The summed E-state index contributed by atoms with van der Waals surface area (Å²) in [6.45, 7) is 6.96. The molecule has 0 fully saturated rings. The monoisotopic (exact) mass is 425 g/mol. The number of nitrogens with one attached hydrogen (secondary N) is 1. The Kier molecular flexibility index (Phi) is 8.74. The molecule has 0 saturated carbocycles. The Morgan fingerprint density at radius 3 is 2.47 bits per heavy atom. The molecular weight excluding hydrogens is 395 g/mol. The molecule has 1 heterocycles. The number of carbonyl (C=O) groups excluding carboxylic acids is 1. The van der Waals surface area contributed by atoms with Gasteiger partial charge in [0.1, 0.15) is 6.10 Å². The lowest BCUT2D eigenvalue weighted by molar-refractivity contribution is -0.212. The molecule has 1 N–H and O–H groups in total. The van der Waals surface area contributed by atoms with Crippen LogP contribution in [-0.2, 0) is 6.30 Å². The molecule has 1 amide bonds. The first-order valence-corrected chi connectivity index (χ1v) is 10.4. The number of nitrogens with zero attached hydrogens (tertiary/aromatic N) is 2. The maximum absolute atomic E-state index is 12.7. The molecule has 8 heteroatoms. The van der Waals surface area contributed by atoms with E-state index in [1.807, 2.05) is 6.92 Å². The molecule has 1 aromatic carbocycles. The van der Waals surface area contributed by atoms with E-state index in [1.165, 1.54) is 0 Å². The fraction of sp³-hybridized carbons (Fsp3) is 0.545. The molecule has 1 aromatic heterocycles. The highest BCUT2D eigenvalue weighted by Crippen LogP contribution is 2.29. The number of halogens is 3. The zero-order valence-corrected chi connectivity index (χ0v) is 17.7. The summed E-state index contributed by atoms with van der Waals surface area (Å²) in [5.41, 5.74) is 1.34.